The Bertz CT molecular complexity index is 611. The molecule has 0 N–H and O–H groups in total. The number of amides is 1. The Kier molecular flexibility index (Phi) is 3.75. The Labute approximate surface area is 124 Å². The predicted octanol–water partition coefficient (Wildman–Crippen LogP) is 3.40. The molecule has 1 atom stereocenters. The van der Waals surface area contributed by atoms with E-state index in [4.69, 9.17) is 11.6 Å². The van der Waals surface area contributed by atoms with E-state index >= 15 is 0 Å². The van der Waals surface area contributed by atoms with Crippen molar-refractivity contribution in [2.45, 2.75) is 12.5 Å². The van der Waals surface area contributed by atoms with Crippen LogP contribution in [0, 0.1) is 0 Å². The van der Waals surface area contributed by atoms with Gasteiger partial charge in [0.05, 0.1) is 0 Å². The highest BCUT2D eigenvalue weighted by Crippen LogP contribution is 2.33. The van der Waals surface area contributed by atoms with Crippen molar-refractivity contribution in [3.05, 3.63) is 71.3 Å². The van der Waals surface area contributed by atoms with Gasteiger partial charge in [0.2, 0.25) is 5.91 Å². The largest absolute Gasteiger partial charge is 0.336 e. The minimum atomic E-state index is 0.00195. The summed E-state index contributed by atoms with van der Waals surface area (Å²) in [7, 11) is 0. The second-order valence-electron chi connectivity index (χ2n) is 5.07. The molecule has 1 amide bonds. The van der Waals surface area contributed by atoms with Gasteiger partial charge in [0.1, 0.15) is 5.88 Å². The summed E-state index contributed by atoms with van der Waals surface area (Å²) in [4.78, 5) is 13.8. The number of hydrogen-bond donors (Lipinski definition) is 0. The fourth-order valence-electron chi connectivity index (χ4n) is 2.85. The van der Waals surface area contributed by atoms with Crippen molar-refractivity contribution in [1.82, 2.24) is 4.90 Å². The summed E-state index contributed by atoms with van der Waals surface area (Å²) in [5.41, 5.74) is 3.77. The van der Waals surface area contributed by atoms with Crippen LogP contribution in [0.15, 0.2) is 54.6 Å². The second kappa shape index (κ2) is 5.68. The van der Waals surface area contributed by atoms with E-state index in [0.717, 1.165) is 0 Å². The first-order valence-corrected chi connectivity index (χ1v) is 7.29. The van der Waals surface area contributed by atoms with Crippen LogP contribution in [0.2, 0.25) is 0 Å². The number of benzene rings is 2. The quantitative estimate of drug-likeness (QED) is 0.775. The minimum absolute atomic E-state index is 0.00195. The van der Waals surface area contributed by atoms with Gasteiger partial charge < -0.3 is 4.90 Å². The zero-order valence-electron chi connectivity index (χ0n) is 11.1. The monoisotopic (exact) mass is 285 g/mol. The van der Waals surface area contributed by atoms with Crippen LogP contribution in [0.4, 0.5) is 0 Å². The van der Waals surface area contributed by atoms with Crippen molar-refractivity contribution >= 4 is 17.5 Å². The van der Waals surface area contributed by atoms with Crippen molar-refractivity contribution in [2.24, 2.45) is 0 Å². The summed E-state index contributed by atoms with van der Waals surface area (Å²) in [5.74, 6) is 0.277. The Morgan fingerprint density at radius 2 is 1.80 bits per heavy atom. The maximum absolute atomic E-state index is 11.9. The highest BCUT2D eigenvalue weighted by molar-refractivity contribution is 6.27. The molecule has 0 aliphatic carbocycles. The lowest BCUT2D eigenvalue weighted by Crippen LogP contribution is -2.39. The molecule has 0 radical (unpaired) electrons. The van der Waals surface area contributed by atoms with E-state index in [9.17, 15) is 4.79 Å². The molecule has 3 rings (SSSR count). The third kappa shape index (κ3) is 2.44. The maximum Gasteiger partial charge on any atom is 0.237 e. The van der Waals surface area contributed by atoms with Crippen LogP contribution in [0.25, 0.3) is 0 Å². The number of rotatable bonds is 2. The van der Waals surface area contributed by atoms with Crippen LogP contribution in [-0.2, 0) is 11.3 Å². The van der Waals surface area contributed by atoms with E-state index in [0.29, 0.717) is 13.1 Å². The second-order valence-corrected chi connectivity index (χ2v) is 5.34. The summed E-state index contributed by atoms with van der Waals surface area (Å²) in [6, 6.07) is 18.7. The molecule has 0 fully saturated rings. The van der Waals surface area contributed by atoms with Crippen LogP contribution in [-0.4, -0.2) is 23.2 Å². The fourth-order valence-corrected chi connectivity index (χ4v) is 3.02. The smallest absolute Gasteiger partial charge is 0.237 e. The SMILES string of the molecule is O=C(CCl)N1Cc2ccccc2[C@H](c2ccccc2)C1. The molecule has 0 aromatic heterocycles. The molecule has 1 heterocycles. The summed E-state index contributed by atoms with van der Waals surface area (Å²) < 4.78 is 0. The first-order chi connectivity index (χ1) is 9.79. The van der Waals surface area contributed by atoms with Gasteiger partial charge in [-0.15, -0.1) is 11.6 Å². The summed E-state index contributed by atoms with van der Waals surface area (Å²) in [6.07, 6.45) is 0. The molecule has 102 valence electrons. The van der Waals surface area contributed by atoms with Gasteiger partial charge in [-0.3, -0.25) is 4.79 Å². The molecule has 0 saturated carbocycles. The van der Waals surface area contributed by atoms with Gasteiger partial charge in [-0.25, -0.2) is 0 Å². The zero-order chi connectivity index (χ0) is 13.9. The normalized spacial score (nSPS) is 17.6. The number of alkyl halides is 1. The Hall–Kier alpha value is -1.80. The summed E-state index contributed by atoms with van der Waals surface area (Å²) >= 11 is 5.71. The molecule has 3 heteroatoms. The van der Waals surface area contributed by atoms with E-state index in [-0.39, 0.29) is 17.7 Å². The molecule has 1 aliphatic heterocycles. The molecule has 0 bridgehead atoms. The van der Waals surface area contributed by atoms with Gasteiger partial charge >= 0.3 is 0 Å². The first-order valence-electron chi connectivity index (χ1n) is 6.76. The highest BCUT2D eigenvalue weighted by atomic mass is 35.5. The number of carbonyl (C=O) groups excluding carboxylic acids is 1. The average molecular weight is 286 g/mol. The van der Waals surface area contributed by atoms with Crippen molar-refractivity contribution < 1.29 is 4.79 Å². The summed E-state index contributed by atoms with van der Waals surface area (Å²) in [6.45, 7) is 1.36. The molecule has 2 aromatic rings. The van der Waals surface area contributed by atoms with Gasteiger partial charge in [-0.2, -0.15) is 0 Å². The van der Waals surface area contributed by atoms with Crippen molar-refractivity contribution in [1.29, 1.82) is 0 Å². The van der Waals surface area contributed by atoms with Gasteiger partial charge in [0.25, 0.3) is 0 Å². The average Bonchev–Trinajstić information content (AvgIpc) is 2.54. The Morgan fingerprint density at radius 3 is 2.55 bits per heavy atom. The van der Waals surface area contributed by atoms with Crippen LogP contribution < -0.4 is 0 Å². The van der Waals surface area contributed by atoms with E-state index < -0.39 is 0 Å². The van der Waals surface area contributed by atoms with Crippen LogP contribution >= 0.6 is 11.6 Å². The van der Waals surface area contributed by atoms with Crippen LogP contribution in [0.3, 0.4) is 0 Å². The fraction of sp³-hybridized carbons (Fsp3) is 0.235. The van der Waals surface area contributed by atoms with E-state index in [1.807, 2.05) is 29.2 Å². The molecule has 0 saturated heterocycles. The molecular weight excluding hydrogens is 270 g/mol. The Morgan fingerprint density at radius 1 is 1.10 bits per heavy atom. The molecular formula is C17H16ClNO. The van der Waals surface area contributed by atoms with Gasteiger partial charge in [0.15, 0.2) is 0 Å². The minimum Gasteiger partial charge on any atom is -0.336 e. The first kappa shape index (κ1) is 13.2. The van der Waals surface area contributed by atoms with Crippen LogP contribution in [0.5, 0.6) is 0 Å². The zero-order valence-corrected chi connectivity index (χ0v) is 11.9. The van der Waals surface area contributed by atoms with Gasteiger partial charge in [-0.1, -0.05) is 54.6 Å². The van der Waals surface area contributed by atoms with Gasteiger partial charge in [0, 0.05) is 19.0 Å². The third-order valence-electron chi connectivity index (χ3n) is 3.86. The van der Waals surface area contributed by atoms with Gasteiger partial charge in [-0.05, 0) is 16.7 Å². The number of nitrogens with zero attached hydrogens (tertiary/aromatic N) is 1. The Balaban J connectivity index is 2.02. The molecule has 2 nitrogen and oxygen atoms in total. The predicted molar refractivity (Wildman–Crippen MR) is 80.9 cm³/mol. The number of carbonyl (C=O) groups is 1. The number of hydrogen-bond acceptors (Lipinski definition) is 1. The maximum atomic E-state index is 11.9. The van der Waals surface area contributed by atoms with Crippen LogP contribution in [0.1, 0.15) is 22.6 Å². The number of halogens is 1. The van der Waals surface area contributed by atoms with Crippen molar-refractivity contribution in [3.63, 3.8) is 0 Å². The van der Waals surface area contributed by atoms with E-state index in [1.165, 1.54) is 16.7 Å². The lowest BCUT2D eigenvalue weighted by atomic mass is 9.85. The molecule has 2 aromatic carbocycles. The summed E-state index contributed by atoms with van der Waals surface area (Å²) in [5, 5.41) is 0. The van der Waals surface area contributed by atoms with Crippen molar-refractivity contribution in [3.8, 4) is 0 Å². The molecule has 0 unspecified atom stereocenters. The third-order valence-corrected chi connectivity index (χ3v) is 4.09. The molecule has 0 spiro atoms. The lowest BCUT2D eigenvalue weighted by Gasteiger charge is -2.34. The van der Waals surface area contributed by atoms with E-state index in [2.05, 4.69) is 30.3 Å². The van der Waals surface area contributed by atoms with E-state index in [1.54, 1.807) is 0 Å². The lowest BCUT2D eigenvalue weighted by molar-refractivity contribution is -0.129. The topological polar surface area (TPSA) is 20.3 Å². The standard InChI is InChI=1S/C17H16ClNO/c18-10-17(20)19-11-14-8-4-5-9-15(14)16(12-19)13-6-2-1-3-7-13/h1-9,16H,10-12H2/t16-/m0/s1. The van der Waals surface area contributed by atoms with Crippen molar-refractivity contribution in [2.75, 3.05) is 12.4 Å². The highest BCUT2D eigenvalue weighted by Gasteiger charge is 2.28. The molecule has 20 heavy (non-hydrogen) atoms. The molecule has 1 aliphatic rings. The number of fused-ring (bicyclic) bond motifs is 1.